The van der Waals surface area contributed by atoms with E-state index in [2.05, 4.69) is 0 Å². The Hall–Kier alpha value is -2.06. The normalized spacial score (nSPS) is 28.7. The zero-order valence-electron chi connectivity index (χ0n) is 11.5. The molecule has 1 aliphatic rings. The second kappa shape index (κ2) is 5.62. The first-order valence-corrected chi connectivity index (χ1v) is 6.74. The van der Waals surface area contributed by atoms with Crippen LogP contribution in [0.5, 0.6) is 17.2 Å². The van der Waals surface area contributed by atoms with Crippen molar-refractivity contribution in [3.63, 3.8) is 0 Å². The molecule has 2 aromatic rings. The van der Waals surface area contributed by atoms with Crippen LogP contribution in [-0.2, 0) is 4.74 Å². The highest BCUT2D eigenvalue weighted by Crippen LogP contribution is 2.32. The van der Waals surface area contributed by atoms with Crippen molar-refractivity contribution < 1.29 is 35.0 Å². The topological polar surface area (TPSA) is 120 Å². The molecule has 4 atom stereocenters. The molecule has 7 nitrogen and oxygen atoms in total. The van der Waals surface area contributed by atoms with E-state index in [4.69, 9.17) is 9.47 Å². The highest BCUT2D eigenvalue weighted by Gasteiger charge is 2.38. The third kappa shape index (κ3) is 2.67. The molecule has 1 fully saturated rings. The highest BCUT2D eigenvalue weighted by atomic mass is 16.7. The predicted molar refractivity (Wildman–Crippen MR) is 75.7 cm³/mol. The molecule has 0 unspecified atom stereocenters. The van der Waals surface area contributed by atoms with Gasteiger partial charge in [-0.05, 0) is 35.0 Å². The molecular weight excluding hydrogens is 292 g/mol. The lowest BCUT2D eigenvalue weighted by atomic mass is 10.1. The van der Waals surface area contributed by atoms with Crippen LogP contribution in [0, 0.1) is 0 Å². The number of hydrogen-bond donors (Lipinski definition) is 5. The average molecular weight is 308 g/mol. The summed E-state index contributed by atoms with van der Waals surface area (Å²) in [5.41, 5.74) is 0. The van der Waals surface area contributed by atoms with Crippen molar-refractivity contribution in [1.82, 2.24) is 0 Å². The van der Waals surface area contributed by atoms with Gasteiger partial charge in [0.2, 0.25) is 6.29 Å². The molecule has 22 heavy (non-hydrogen) atoms. The minimum Gasteiger partial charge on any atom is -0.504 e. The first kappa shape index (κ1) is 14.9. The number of aliphatic hydroxyl groups excluding tert-OH is 3. The first-order valence-electron chi connectivity index (χ1n) is 6.74. The average Bonchev–Trinajstić information content (AvgIpc) is 2.49. The number of aromatic hydroxyl groups is 2. The van der Waals surface area contributed by atoms with Gasteiger partial charge in [0.05, 0.1) is 6.61 Å². The third-order valence-corrected chi connectivity index (χ3v) is 3.61. The fourth-order valence-corrected chi connectivity index (χ4v) is 2.34. The van der Waals surface area contributed by atoms with Crippen molar-refractivity contribution in [3.05, 3.63) is 30.3 Å². The number of hydrogen-bond acceptors (Lipinski definition) is 7. The van der Waals surface area contributed by atoms with Crippen LogP contribution >= 0.6 is 0 Å². The molecule has 0 radical (unpaired) electrons. The van der Waals surface area contributed by atoms with Gasteiger partial charge in [-0.2, -0.15) is 0 Å². The molecule has 0 aromatic heterocycles. The van der Waals surface area contributed by atoms with Crippen LogP contribution in [0.3, 0.4) is 0 Å². The summed E-state index contributed by atoms with van der Waals surface area (Å²) < 4.78 is 10.6. The SMILES string of the molecule is Oc1cc2ccc(O[C@@H]3OC[C@@H](O)[C@H](O)[C@H]3O)cc2cc1O. The molecule has 0 bridgehead atoms. The zero-order chi connectivity index (χ0) is 15.9. The second-order valence-corrected chi connectivity index (χ2v) is 5.22. The fraction of sp³-hybridized carbons (Fsp3) is 0.333. The summed E-state index contributed by atoms with van der Waals surface area (Å²) in [5, 5.41) is 49.1. The van der Waals surface area contributed by atoms with E-state index >= 15 is 0 Å². The number of phenolic OH excluding ortho intramolecular Hbond substituents is 2. The molecule has 3 rings (SSSR count). The Bertz CT molecular complexity index is 687. The van der Waals surface area contributed by atoms with Crippen LogP contribution in [0.25, 0.3) is 10.8 Å². The van der Waals surface area contributed by atoms with Gasteiger partial charge in [0, 0.05) is 0 Å². The predicted octanol–water partition coefficient (Wildman–Crippen LogP) is 0.0688. The standard InChI is InChI=1S/C15H16O7/c16-10-4-7-1-2-9(3-8(7)5-11(10)17)22-15-14(20)13(19)12(18)6-21-15/h1-5,12-20H,6H2/t12-,13+,14-,15+/m1/s1. The van der Waals surface area contributed by atoms with E-state index < -0.39 is 24.6 Å². The maximum Gasteiger partial charge on any atom is 0.228 e. The maximum atomic E-state index is 9.83. The molecule has 1 heterocycles. The number of aliphatic hydroxyl groups is 3. The van der Waals surface area contributed by atoms with Gasteiger partial charge < -0.3 is 35.0 Å². The monoisotopic (exact) mass is 308 g/mol. The quantitative estimate of drug-likeness (QED) is 0.498. The van der Waals surface area contributed by atoms with Crippen LogP contribution < -0.4 is 4.74 Å². The van der Waals surface area contributed by atoms with Gasteiger partial charge in [0.25, 0.3) is 0 Å². The van der Waals surface area contributed by atoms with Crippen LogP contribution in [0.15, 0.2) is 30.3 Å². The van der Waals surface area contributed by atoms with E-state index in [0.29, 0.717) is 16.5 Å². The maximum absolute atomic E-state index is 9.83. The van der Waals surface area contributed by atoms with Crippen molar-refractivity contribution >= 4 is 10.8 Å². The summed E-state index contributed by atoms with van der Waals surface area (Å²) in [4.78, 5) is 0. The Balaban J connectivity index is 1.83. The second-order valence-electron chi connectivity index (χ2n) is 5.22. The molecule has 0 saturated carbocycles. The summed E-state index contributed by atoms with van der Waals surface area (Å²) in [7, 11) is 0. The van der Waals surface area contributed by atoms with Crippen LogP contribution in [0.1, 0.15) is 0 Å². The number of ether oxygens (including phenoxy) is 2. The molecular formula is C15H16O7. The lowest BCUT2D eigenvalue weighted by Crippen LogP contribution is -2.54. The van der Waals surface area contributed by atoms with Gasteiger partial charge in [-0.3, -0.25) is 0 Å². The van der Waals surface area contributed by atoms with E-state index in [1.54, 1.807) is 18.2 Å². The molecule has 118 valence electrons. The molecule has 0 spiro atoms. The smallest absolute Gasteiger partial charge is 0.228 e. The van der Waals surface area contributed by atoms with Gasteiger partial charge >= 0.3 is 0 Å². The van der Waals surface area contributed by atoms with Gasteiger partial charge in [0.1, 0.15) is 24.1 Å². The molecule has 2 aromatic carbocycles. The van der Waals surface area contributed by atoms with E-state index in [0.717, 1.165) is 0 Å². The lowest BCUT2D eigenvalue weighted by molar-refractivity contribution is -0.242. The van der Waals surface area contributed by atoms with Gasteiger partial charge in [0.15, 0.2) is 11.5 Å². The molecule has 0 amide bonds. The number of phenols is 2. The fourth-order valence-electron chi connectivity index (χ4n) is 2.34. The minimum absolute atomic E-state index is 0.148. The lowest BCUT2D eigenvalue weighted by Gasteiger charge is -2.34. The van der Waals surface area contributed by atoms with Crippen molar-refractivity contribution in [2.75, 3.05) is 6.61 Å². The third-order valence-electron chi connectivity index (χ3n) is 3.61. The molecule has 7 heteroatoms. The van der Waals surface area contributed by atoms with Crippen LogP contribution in [0.2, 0.25) is 0 Å². The molecule has 0 aliphatic carbocycles. The zero-order valence-corrected chi connectivity index (χ0v) is 11.5. The van der Waals surface area contributed by atoms with Crippen molar-refractivity contribution in [2.24, 2.45) is 0 Å². The Kier molecular flexibility index (Phi) is 3.79. The number of benzene rings is 2. The highest BCUT2D eigenvalue weighted by molar-refractivity contribution is 5.87. The summed E-state index contributed by atoms with van der Waals surface area (Å²) in [6, 6.07) is 7.67. The van der Waals surface area contributed by atoms with Gasteiger partial charge in [-0.25, -0.2) is 0 Å². The van der Waals surface area contributed by atoms with E-state index in [1.165, 1.54) is 12.1 Å². The van der Waals surface area contributed by atoms with Crippen molar-refractivity contribution in [2.45, 2.75) is 24.6 Å². The Morgan fingerprint density at radius 3 is 2.32 bits per heavy atom. The Morgan fingerprint density at radius 2 is 1.59 bits per heavy atom. The number of rotatable bonds is 2. The van der Waals surface area contributed by atoms with Gasteiger partial charge in [-0.15, -0.1) is 0 Å². The van der Waals surface area contributed by atoms with Crippen LogP contribution in [-0.4, -0.2) is 56.7 Å². The van der Waals surface area contributed by atoms with Crippen molar-refractivity contribution in [3.8, 4) is 17.2 Å². The van der Waals surface area contributed by atoms with E-state index in [-0.39, 0.29) is 18.1 Å². The Morgan fingerprint density at radius 1 is 0.909 bits per heavy atom. The summed E-state index contributed by atoms with van der Waals surface area (Å²) in [6.07, 6.45) is -5.00. The van der Waals surface area contributed by atoms with E-state index in [1.807, 2.05) is 0 Å². The first-order chi connectivity index (χ1) is 10.5. The molecule has 5 N–H and O–H groups in total. The summed E-state index contributed by atoms with van der Waals surface area (Å²) >= 11 is 0. The minimum atomic E-state index is -1.38. The van der Waals surface area contributed by atoms with E-state index in [9.17, 15) is 25.5 Å². The number of fused-ring (bicyclic) bond motifs is 1. The van der Waals surface area contributed by atoms with Gasteiger partial charge in [-0.1, -0.05) is 6.07 Å². The van der Waals surface area contributed by atoms with Crippen molar-refractivity contribution in [1.29, 1.82) is 0 Å². The summed E-state index contributed by atoms with van der Waals surface area (Å²) in [5.74, 6) is -0.119. The largest absolute Gasteiger partial charge is 0.504 e. The van der Waals surface area contributed by atoms with Crippen LogP contribution in [0.4, 0.5) is 0 Å². The molecule has 1 saturated heterocycles. The summed E-state index contributed by atoms with van der Waals surface area (Å²) in [6.45, 7) is -0.148. The Labute approximate surface area is 125 Å². The molecule has 1 aliphatic heterocycles.